The molecule has 1 aliphatic carbocycles. The van der Waals surface area contributed by atoms with Crippen molar-refractivity contribution in [2.24, 2.45) is 0 Å². The molecule has 0 amide bonds. The molecule has 0 radical (unpaired) electrons. The molecule has 5 heteroatoms. The van der Waals surface area contributed by atoms with E-state index < -0.39 is 0 Å². The van der Waals surface area contributed by atoms with Crippen LogP contribution in [0.2, 0.25) is 5.02 Å². The first-order valence-corrected chi connectivity index (χ1v) is 7.75. The molecule has 0 unspecified atom stereocenters. The highest BCUT2D eigenvalue weighted by Gasteiger charge is 2.27. The highest BCUT2D eigenvalue weighted by atomic mass is 35.5. The van der Waals surface area contributed by atoms with E-state index in [4.69, 9.17) is 16.6 Å². The van der Waals surface area contributed by atoms with Crippen molar-refractivity contribution >= 4 is 28.4 Å². The molecule has 0 saturated carbocycles. The van der Waals surface area contributed by atoms with Crippen molar-refractivity contribution in [2.45, 2.75) is 26.3 Å². The number of fused-ring (bicyclic) bond motifs is 3. The lowest BCUT2D eigenvalue weighted by Crippen LogP contribution is -2.08. The van der Waals surface area contributed by atoms with Gasteiger partial charge in [-0.3, -0.25) is 4.79 Å². The number of rotatable bonds is 1. The third kappa shape index (κ3) is 1.80. The molecule has 0 atom stereocenters. The van der Waals surface area contributed by atoms with Crippen LogP contribution in [0.3, 0.4) is 0 Å². The maximum absolute atomic E-state index is 12.9. The third-order valence-corrected chi connectivity index (χ3v) is 4.61. The molecule has 110 valence electrons. The Labute approximate surface area is 132 Å². The zero-order valence-electron chi connectivity index (χ0n) is 12.1. The highest BCUT2D eigenvalue weighted by molar-refractivity contribution is 6.39. The van der Waals surface area contributed by atoms with E-state index >= 15 is 0 Å². The molecule has 2 aromatic heterocycles. The Morgan fingerprint density at radius 3 is 2.91 bits per heavy atom. The van der Waals surface area contributed by atoms with Crippen LogP contribution in [-0.2, 0) is 19.4 Å². The fraction of sp³-hybridized carbons (Fsp3) is 0.235. The monoisotopic (exact) mass is 311 g/mol. The summed E-state index contributed by atoms with van der Waals surface area (Å²) in [6.07, 6.45) is 3.20. The molecule has 4 nitrogen and oxygen atoms in total. The van der Waals surface area contributed by atoms with Crippen LogP contribution < -0.4 is 0 Å². The first kappa shape index (κ1) is 13.5. The molecule has 1 aromatic carbocycles. The molecule has 0 bridgehead atoms. The van der Waals surface area contributed by atoms with Crippen molar-refractivity contribution in [3.8, 4) is 0 Å². The lowest BCUT2D eigenvalue weighted by molar-refractivity contribution is 0.103. The minimum atomic E-state index is -0.0354. The fourth-order valence-electron chi connectivity index (χ4n) is 3.09. The second kappa shape index (κ2) is 4.92. The Kier molecular flexibility index (Phi) is 3.01. The largest absolute Gasteiger partial charge is 0.288 e. The summed E-state index contributed by atoms with van der Waals surface area (Å²) >= 11 is 6.55. The van der Waals surface area contributed by atoms with E-state index in [1.165, 1.54) is 0 Å². The fourth-order valence-corrected chi connectivity index (χ4v) is 3.42. The van der Waals surface area contributed by atoms with Gasteiger partial charge in [0.2, 0.25) is 0 Å². The van der Waals surface area contributed by atoms with Gasteiger partial charge in [0.1, 0.15) is 0 Å². The van der Waals surface area contributed by atoms with Crippen LogP contribution in [0.25, 0.3) is 11.0 Å². The van der Waals surface area contributed by atoms with Gasteiger partial charge in [-0.15, -0.1) is 0 Å². The minimum absolute atomic E-state index is 0.0354. The van der Waals surface area contributed by atoms with Crippen molar-refractivity contribution in [1.82, 2.24) is 14.8 Å². The molecular formula is C17H14ClN3O. The van der Waals surface area contributed by atoms with Crippen LogP contribution in [0, 0.1) is 0 Å². The van der Waals surface area contributed by atoms with Crippen molar-refractivity contribution in [3.63, 3.8) is 0 Å². The summed E-state index contributed by atoms with van der Waals surface area (Å²) in [5, 5.41) is 5.52. The Hall–Kier alpha value is -2.20. The van der Waals surface area contributed by atoms with Gasteiger partial charge in [-0.05, 0) is 25.3 Å². The molecule has 0 fully saturated rings. The molecule has 0 aliphatic heterocycles. The summed E-state index contributed by atoms with van der Waals surface area (Å²) in [5.41, 5.74) is 3.85. The van der Waals surface area contributed by atoms with Crippen molar-refractivity contribution in [1.29, 1.82) is 0 Å². The van der Waals surface area contributed by atoms with Gasteiger partial charge in [0, 0.05) is 12.1 Å². The predicted octanol–water partition coefficient (Wildman–Crippen LogP) is 3.43. The average molecular weight is 312 g/mol. The first-order valence-electron chi connectivity index (χ1n) is 7.37. The Morgan fingerprint density at radius 1 is 1.27 bits per heavy atom. The van der Waals surface area contributed by atoms with Crippen LogP contribution in [0.1, 0.15) is 34.1 Å². The number of hydrogen-bond donors (Lipinski definition) is 0. The van der Waals surface area contributed by atoms with Crippen LogP contribution in [0.15, 0.2) is 30.5 Å². The van der Waals surface area contributed by atoms with Gasteiger partial charge in [0.05, 0.1) is 27.9 Å². The molecule has 2 heterocycles. The van der Waals surface area contributed by atoms with E-state index in [1.807, 2.05) is 35.9 Å². The number of hydrogen-bond acceptors (Lipinski definition) is 3. The molecule has 3 aromatic rings. The maximum Gasteiger partial charge on any atom is 0.196 e. The SMILES string of the molecule is CCn1ncc2c(Cl)c3c(nc21)CCc1ccccc1C3=O. The third-order valence-electron chi connectivity index (χ3n) is 4.22. The molecule has 0 spiro atoms. The number of nitrogens with zero attached hydrogens (tertiary/aromatic N) is 3. The lowest BCUT2D eigenvalue weighted by atomic mass is 10.00. The Bertz CT molecular complexity index is 914. The van der Waals surface area contributed by atoms with Gasteiger partial charge >= 0.3 is 0 Å². The zero-order chi connectivity index (χ0) is 15.3. The molecule has 1 aliphatic rings. The second-order valence-corrected chi connectivity index (χ2v) is 5.81. The minimum Gasteiger partial charge on any atom is -0.288 e. The standard InChI is InChI=1S/C17H14ClN3O/c1-2-21-17-12(9-19-21)15(18)14-13(20-17)8-7-10-5-3-4-6-11(10)16(14)22/h3-6,9H,2,7-8H2,1H3. The number of carbonyl (C=O) groups excluding carboxylic acids is 1. The molecule has 22 heavy (non-hydrogen) atoms. The quantitative estimate of drug-likeness (QED) is 0.691. The van der Waals surface area contributed by atoms with E-state index in [1.54, 1.807) is 6.20 Å². The maximum atomic E-state index is 12.9. The van der Waals surface area contributed by atoms with Crippen LogP contribution in [0.5, 0.6) is 0 Å². The Balaban J connectivity index is 2.02. The van der Waals surface area contributed by atoms with Gasteiger partial charge in [-0.25, -0.2) is 9.67 Å². The normalized spacial score (nSPS) is 13.8. The number of aryl methyl sites for hydroxylation is 3. The number of pyridine rings is 1. The highest BCUT2D eigenvalue weighted by Crippen LogP contribution is 2.33. The van der Waals surface area contributed by atoms with Crippen LogP contribution in [-0.4, -0.2) is 20.5 Å². The Morgan fingerprint density at radius 2 is 2.09 bits per heavy atom. The smallest absolute Gasteiger partial charge is 0.196 e. The molecular weight excluding hydrogens is 298 g/mol. The summed E-state index contributed by atoms with van der Waals surface area (Å²) in [6, 6.07) is 7.71. The van der Waals surface area contributed by atoms with Crippen LogP contribution >= 0.6 is 11.6 Å². The summed E-state index contributed by atoms with van der Waals surface area (Å²) in [7, 11) is 0. The van der Waals surface area contributed by atoms with Gasteiger partial charge in [0.25, 0.3) is 0 Å². The van der Waals surface area contributed by atoms with Gasteiger partial charge in [-0.2, -0.15) is 5.10 Å². The average Bonchev–Trinajstić information content (AvgIpc) is 2.89. The number of ketones is 1. The number of benzene rings is 1. The number of aromatic nitrogens is 3. The number of halogens is 1. The summed E-state index contributed by atoms with van der Waals surface area (Å²) in [5.74, 6) is -0.0354. The van der Waals surface area contributed by atoms with Crippen molar-refractivity contribution in [3.05, 3.63) is 57.9 Å². The molecule has 4 rings (SSSR count). The van der Waals surface area contributed by atoms with Gasteiger partial charge in [-0.1, -0.05) is 35.9 Å². The van der Waals surface area contributed by atoms with E-state index in [0.29, 0.717) is 17.0 Å². The van der Waals surface area contributed by atoms with E-state index in [9.17, 15) is 4.79 Å². The van der Waals surface area contributed by atoms with Crippen molar-refractivity contribution in [2.75, 3.05) is 0 Å². The van der Waals surface area contributed by atoms with Crippen molar-refractivity contribution < 1.29 is 4.79 Å². The second-order valence-electron chi connectivity index (χ2n) is 5.43. The first-order chi connectivity index (χ1) is 10.7. The summed E-state index contributed by atoms with van der Waals surface area (Å²) in [6.45, 7) is 2.73. The number of carbonyl (C=O) groups is 1. The molecule has 0 saturated heterocycles. The van der Waals surface area contributed by atoms with Crippen LogP contribution in [0.4, 0.5) is 0 Å². The predicted molar refractivity (Wildman–Crippen MR) is 85.5 cm³/mol. The van der Waals surface area contributed by atoms with E-state index in [2.05, 4.69) is 5.10 Å². The molecule has 0 N–H and O–H groups in total. The summed E-state index contributed by atoms with van der Waals surface area (Å²) < 4.78 is 1.81. The zero-order valence-corrected chi connectivity index (χ0v) is 12.9. The lowest BCUT2D eigenvalue weighted by Gasteiger charge is -2.08. The summed E-state index contributed by atoms with van der Waals surface area (Å²) in [4.78, 5) is 17.6. The topological polar surface area (TPSA) is 47.8 Å². The van der Waals surface area contributed by atoms with Gasteiger partial charge in [0.15, 0.2) is 11.4 Å². The van der Waals surface area contributed by atoms with Gasteiger partial charge < -0.3 is 0 Å². The van der Waals surface area contributed by atoms with E-state index in [0.717, 1.165) is 40.8 Å². The van der Waals surface area contributed by atoms with E-state index in [-0.39, 0.29) is 5.78 Å².